The summed E-state index contributed by atoms with van der Waals surface area (Å²) in [6.45, 7) is 7.65. The summed E-state index contributed by atoms with van der Waals surface area (Å²) < 4.78 is 24.5. The molecule has 0 aliphatic carbocycles. The smallest absolute Gasteiger partial charge is 0.230 e. The Morgan fingerprint density at radius 3 is 2.41 bits per heavy atom. The number of amides is 1. The number of aromatic nitrogens is 2. The average molecular weight is 450 g/mol. The van der Waals surface area contributed by atoms with E-state index in [0.29, 0.717) is 5.13 Å². The minimum atomic E-state index is -3.29. The highest BCUT2D eigenvalue weighted by Gasteiger charge is 2.17. The van der Waals surface area contributed by atoms with Crippen LogP contribution >= 0.6 is 22.7 Å². The molecule has 3 rings (SSSR count). The number of aryl methyl sites for hydroxylation is 2. The number of anilines is 1. The van der Waals surface area contributed by atoms with Gasteiger partial charge in [-0.15, -0.1) is 22.7 Å². The average Bonchev–Trinajstić information content (AvgIpc) is 3.19. The minimum Gasteiger partial charge on any atom is -0.302 e. The van der Waals surface area contributed by atoms with Gasteiger partial charge in [-0.1, -0.05) is 26.0 Å². The van der Waals surface area contributed by atoms with E-state index >= 15 is 0 Å². The summed E-state index contributed by atoms with van der Waals surface area (Å²) >= 11 is 2.95. The van der Waals surface area contributed by atoms with Gasteiger partial charge in [0.05, 0.1) is 38.3 Å². The first-order chi connectivity index (χ1) is 13.6. The van der Waals surface area contributed by atoms with Crippen LogP contribution in [0.3, 0.4) is 0 Å². The van der Waals surface area contributed by atoms with Crippen LogP contribution in [0.4, 0.5) is 5.13 Å². The first-order valence-corrected chi connectivity index (χ1v) is 12.5. The summed E-state index contributed by atoms with van der Waals surface area (Å²) in [5.41, 5.74) is 2.49. The van der Waals surface area contributed by atoms with Crippen LogP contribution in [0.25, 0.3) is 10.6 Å². The summed E-state index contributed by atoms with van der Waals surface area (Å²) in [7, 11) is -3.29. The molecule has 0 spiro atoms. The summed E-state index contributed by atoms with van der Waals surface area (Å²) in [5.74, 6) is -0.0231. The number of sulfone groups is 1. The third-order valence-corrected chi connectivity index (χ3v) is 8.04. The van der Waals surface area contributed by atoms with Crippen LogP contribution in [0.2, 0.25) is 0 Å². The van der Waals surface area contributed by atoms with E-state index in [0.717, 1.165) is 26.8 Å². The molecule has 1 amide bonds. The molecule has 0 saturated heterocycles. The zero-order valence-corrected chi connectivity index (χ0v) is 19.2. The Hall–Kier alpha value is -2.10. The number of hydrogen-bond acceptors (Lipinski definition) is 7. The van der Waals surface area contributed by atoms with E-state index in [2.05, 4.69) is 15.3 Å². The quantitative estimate of drug-likeness (QED) is 0.574. The highest BCUT2D eigenvalue weighted by atomic mass is 32.2. The van der Waals surface area contributed by atoms with Crippen LogP contribution in [-0.4, -0.2) is 30.0 Å². The Bertz CT molecular complexity index is 1110. The van der Waals surface area contributed by atoms with Gasteiger partial charge < -0.3 is 5.32 Å². The van der Waals surface area contributed by atoms with Crippen LogP contribution in [0.5, 0.6) is 0 Å². The molecule has 2 heterocycles. The van der Waals surface area contributed by atoms with Crippen LogP contribution in [0.15, 0.2) is 34.5 Å². The molecule has 0 radical (unpaired) electrons. The minimum absolute atomic E-state index is 0.0614. The number of rotatable bonds is 7. The molecular formula is C20H23N3O3S3. The zero-order chi connectivity index (χ0) is 21.2. The molecule has 0 atom stereocenters. The van der Waals surface area contributed by atoms with Crippen molar-refractivity contribution in [2.75, 3.05) is 11.1 Å². The Morgan fingerprint density at radius 2 is 1.83 bits per heavy atom. The molecule has 1 aromatic carbocycles. The second-order valence-corrected chi connectivity index (χ2v) is 11.3. The van der Waals surface area contributed by atoms with Crippen LogP contribution in [0, 0.1) is 19.8 Å². The predicted octanol–water partition coefficient (Wildman–Crippen LogP) is 4.49. The predicted molar refractivity (Wildman–Crippen MR) is 118 cm³/mol. The van der Waals surface area contributed by atoms with Crippen molar-refractivity contribution >= 4 is 43.5 Å². The summed E-state index contributed by atoms with van der Waals surface area (Å²) in [4.78, 5) is 22.5. The number of thiazole rings is 2. The molecule has 0 aliphatic rings. The number of benzene rings is 1. The van der Waals surface area contributed by atoms with E-state index in [1.54, 1.807) is 35.6 Å². The first-order valence-electron chi connectivity index (χ1n) is 9.15. The maximum Gasteiger partial charge on any atom is 0.230 e. The summed E-state index contributed by atoms with van der Waals surface area (Å²) in [6.07, 6.45) is 0.151. The molecule has 0 unspecified atom stereocenters. The highest BCUT2D eigenvalue weighted by Crippen LogP contribution is 2.32. The maximum absolute atomic E-state index is 12.4. The van der Waals surface area contributed by atoms with Gasteiger partial charge in [-0.2, -0.15) is 0 Å². The molecule has 2 aromatic heterocycles. The topological polar surface area (TPSA) is 89.0 Å². The molecule has 0 aliphatic heterocycles. The van der Waals surface area contributed by atoms with Crippen LogP contribution < -0.4 is 5.32 Å². The second kappa shape index (κ2) is 8.73. The van der Waals surface area contributed by atoms with Crippen molar-refractivity contribution < 1.29 is 13.2 Å². The lowest BCUT2D eigenvalue weighted by atomic mass is 10.1. The zero-order valence-electron chi connectivity index (χ0n) is 16.7. The Kier molecular flexibility index (Phi) is 6.50. The normalized spacial score (nSPS) is 11.8. The number of carbonyl (C=O) groups is 1. The van der Waals surface area contributed by atoms with Gasteiger partial charge in [-0.25, -0.2) is 18.4 Å². The summed E-state index contributed by atoms with van der Waals surface area (Å²) in [5, 5.41) is 6.23. The molecule has 1 N–H and O–H groups in total. The first kappa shape index (κ1) is 21.6. The van der Waals surface area contributed by atoms with Gasteiger partial charge in [-0.05, 0) is 37.5 Å². The van der Waals surface area contributed by atoms with E-state index in [-0.39, 0.29) is 28.9 Å². The van der Waals surface area contributed by atoms with E-state index in [1.165, 1.54) is 11.3 Å². The SMILES string of the molecule is Cc1nc(C)c(-c2csc(NC(=O)Cc3ccc(S(=O)(=O)CC(C)C)cc3)n2)s1. The van der Waals surface area contributed by atoms with Crippen molar-refractivity contribution in [3.05, 3.63) is 45.9 Å². The lowest BCUT2D eigenvalue weighted by molar-refractivity contribution is -0.115. The largest absolute Gasteiger partial charge is 0.302 e. The van der Waals surface area contributed by atoms with Crippen LogP contribution in [-0.2, 0) is 21.1 Å². The summed E-state index contributed by atoms with van der Waals surface area (Å²) in [6, 6.07) is 6.50. The number of hydrogen-bond donors (Lipinski definition) is 1. The monoisotopic (exact) mass is 449 g/mol. The molecule has 6 nitrogen and oxygen atoms in total. The fourth-order valence-corrected chi connectivity index (χ4v) is 6.20. The lowest BCUT2D eigenvalue weighted by Gasteiger charge is -2.08. The van der Waals surface area contributed by atoms with E-state index < -0.39 is 9.84 Å². The van der Waals surface area contributed by atoms with Gasteiger partial charge in [0.25, 0.3) is 0 Å². The van der Waals surface area contributed by atoms with Gasteiger partial charge in [0.2, 0.25) is 5.91 Å². The fourth-order valence-electron chi connectivity index (χ4n) is 2.90. The second-order valence-electron chi connectivity index (χ2n) is 7.23. The molecule has 0 saturated carbocycles. The van der Waals surface area contributed by atoms with Gasteiger partial charge >= 0.3 is 0 Å². The van der Waals surface area contributed by atoms with E-state index in [4.69, 9.17) is 0 Å². The molecule has 3 aromatic rings. The van der Waals surface area contributed by atoms with Crippen molar-refractivity contribution in [1.82, 2.24) is 9.97 Å². The van der Waals surface area contributed by atoms with Crippen molar-refractivity contribution in [1.29, 1.82) is 0 Å². The van der Waals surface area contributed by atoms with E-state index in [1.807, 2.05) is 33.1 Å². The Labute approximate surface area is 179 Å². The van der Waals surface area contributed by atoms with Gasteiger partial charge in [0.15, 0.2) is 15.0 Å². The highest BCUT2D eigenvalue weighted by molar-refractivity contribution is 7.91. The van der Waals surface area contributed by atoms with Gasteiger partial charge in [0.1, 0.15) is 0 Å². The fraction of sp³-hybridized carbons (Fsp3) is 0.350. The molecule has 0 fully saturated rings. The maximum atomic E-state index is 12.4. The number of carbonyl (C=O) groups excluding carboxylic acids is 1. The van der Waals surface area contributed by atoms with E-state index in [9.17, 15) is 13.2 Å². The molecular weight excluding hydrogens is 426 g/mol. The Balaban J connectivity index is 1.63. The molecule has 9 heteroatoms. The molecule has 29 heavy (non-hydrogen) atoms. The molecule has 0 bridgehead atoms. The third kappa shape index (κ3) is 5.49. The Morgan fingerprint density at radius 1 is 1.14 bits per heavy atom. The van der Waals surface area contributed by atoms with Crippen LogP contribution in [0.1, 0.15) is 30.1 Å². The van der Waals surface area contributed by atoms with Gasteiger partial charge in [-0.3, -0.25) is 4.79 Å². The van der Waals surface area contributed by atoms with Gasteiger partial charge in [0, 0.05) is 5.38 Å². The lowest BCUT2D eigenvalue weighted by Crippen LogP contribution is -2.15. The third-order valence-electron chi connectivity index (χ3n) is 4.09. The van der Waals surface area contributed by atoms with Crippen molar-refractivity contribution in [3.8, 4) is 10.6 Å². The number of nitrogens with one attached hydrogen (secondary N) is 1. The number of nitrogens with zero attached hydrogens (tertiary/aromatic N) is 2. The molecule has 154 valence electrons. The standard InChI is InChI=1S/C20H23N3O3S3/c1-12(2)11-29(25,26)16-7-5-15(6-8-16)9-18(24)23-20-22-17(10-27-20)19-13(3)21-14(4)28-19/h5-8,10,12H,9,11H2,1-4H3,(H,22,23,24). The van der Waals surface area contributed by atoms with Crippen molar-refractivity contribution in [3.63, 3.8) is 0 Å². The van der Waals surface area contributed by atoms with Crippen molar-refractivity contribution in [2.24, 2.45) is 5.92 Å². The van der Waals surface area contributed by atoms with Crippen molar-refractivity contribution in [2.45, 2.75) is 39.0 Å².